The Morgan fingerprint density at radius 1 is 1.07 bits per heavy atom. The molecule has 3 heterocycles. The summed E-state index contributed by atoms with van der Waals surface area (Å²) in [7, 11) is 0. The number of amides is 1. The van der Waals surface area contributed by atoms with Crippen molar-refractivity contribution in [1.29, 1.82) is 0 Å². The zero-order chi connectivity index (χ0) is 21.1. The molecule has 0 radical (unpaired) electrons. The molecule has 0 bridgehead atoms. The highest BCUT2D eigenvalue weighted by Gasteiger charge is 2.31. The van der Waals surface area contributed by atoms with Gasteiger partial charge in [-0.2, -0.15) is 0 Å². The van der Waals surface area contributed by atoms with Crippen molar-refractivity contribution in [2.24, 2.45) is 0 Å². The molecule has 1 amide bonds. The van der Waals surface area contributed by atoms with Gasteiger partial charge in [0.05, 0.1) is 6.61 Å². The van der Waals surface area contributed by atoms with Gasteiger partial charge in [0.25, 0.3) is 10.9 Å². The maximum absolute atomic E-state index is 12.3. The summed E-state index contributed by atoms with van der Waals surface area (Å²) in [5.74, 6) is 0.925. The summed E-state index contributed by atoms with van der Waals surface area (Å²) in [6.45, 7) is 6.11. The van der Waals surface area contributed by atoms with Crippen LogP contribution in [0.3, 0.4) is 0 Å². The number of likely N-dealkylation sites (tertiary alicyclic amines) is 1. The van der Waals surface area contributed by atoms with E-state index in [0.29, 0.717) is 57.0 Å². The lowest BCUT2D eigenvalue weighted by atomic mass is 10.0. The molecule has 30 heavy (non-hydrogen) atoms. The Bertz CT molecular complexity index is 940. The molecule has 2 aromatic rings. The van der Waals surface area contributed by atoms with Crippen LogP contribution in [0.4, 0.5) is 22.0 Å². The van der Waals surface area contributed by atoms with Crippen LogP contribution in [-0.4, -0.2) is 67.9 Å². The van der Waals surface area contributed by atoms with Gasteiger partial charge in [-0.3, -0.25) is 9.59 Å². The van der Waals surface area contributed by atoms with Crippen molar-refractivity contribution in [3.8, 4) is 0 Å². The Balaban J connectivity index is 1.35. The first-order valence-electron chi connectivity index (χ1n) is 10.5. The summed E-state index contributed by atoms with van der Waals surface area (Å²) in [6.07, 6.45) is 2.90. The number of piperidine rings is 1. The second-order valence-electron chi connectivity index (χ2n) is 7.65. The molecule has 9 heteroatoms. The second kappa shape index (κ2) is 8.73. The van der Waals surface area contributed by atoms with Crippen LogP contribution in [0, 0.1) is 0 Å². The zero-order valence-electron chi connectivity index (χ0n) is 17.2. The van der Waals surface area contributed by atoms with Crippen LogP contribution in [0.1, 0.15) is 19.8 Å². The molecule has 0 spiro atoms. The predicted molar refractivity (Wildman–Crippen MR) is 115 cm³/mol. The van der Waals surface area contributed by atoms with Crippen molar-refractivity contribution in [1.82, 2.24) is 9.88 Å². The first-order chi connectivity index (χ1) is 14.6. The first kappa shape index (κ1) is 20.2. The third-order valence-electron chi connectivity index (χ3n) is 5.82. The molecule has 4 rings (SSSR count). The lowest BCUT2D eigenvalue weighted by Crippen LogP contribution is -2.52. The summed E-state index contributed by atoms with van der Waals surface area (Å²) < 4.78 is 5.04. The number of piperazine rings is 1. The van der Waals surface area contributed by atoms with Crippen LogP contribution in [0.15, 0.2) is 34.0 Å². The molecule has 1 aromatic carbocycles. The molecule has 2 aliphatic heterocycles. The van der Waals surface area contributed by atoms with Gasteiger partial charge in [0.15, 0.2) is 0 Å². The molecule has 1 aromatic heterocycles. The molecule has 2 saturated heterocycles. The fourth-order valence-corrected chi connectivity index (χ4v) is 4.14. The Morgan fingerprint density at radius 3 is 2.40 bits per heavy atom. The monoisotopic (exact) mass is 413 g/mol. The number of pyridine rings is 1. The molecule has 2 aliphatic rings. The minimum Gasteiger partial charge on any atom is -0.450 e. The van der Waals surface area contributed by atoms with Gasteiger partial charge in [-0.1, -0.05) is 6.07 Å². The molecule has 0 atom stereocenters. The molecule has 1 N–H and O–H groups in total. The summed E-state index contributed by atoms with van der Waals surface area (Å²) in [6, 6.07) is 5.88. The van der Waals surface area contributed by atoms with E-state index >= 15 is 0 Å². The molecule has 0 saturated carbocycles. The van der Waals surface area contributed by atoms with E-state index in [4.69, 9.17) is 4.74 Å². The third-order valence-corrected chi connectivity index (χ3v) is 5.82. The van der Waals surface area contributed by atoms with Gasteiger partial charge in [-0.25, -0.2) is 9.78 Å². The SMILES string of the molecule is CCOC(=O)N1CCC(Nc2c(N3CCN(c4ccccn4)CC3)c(=O)c2=O)CC1. The topological polar surface area (TPSA) is 95.1 Å². The smallest absolute Gasteiger partial charge is 0.409 e. The van der Waals surface area contributed by atoms with Crippen molar-refractivity contribution < 1.29 is 9.53 Å². The van der Waals surface area contributed by atoms with Crippen LogP contribution in [-0.2, 0) is 4.74 Å². The fraction of sp³-hybridized carbons (Fsp3) is 0.524. The zero-order valence-corrected chi connectivity index (χ0v) is 17.2. The first-order valence-corrected chi connectivity index (χ1v) is 10.5. The number of nitrogens with one attached hydrogen (secondary N) is 1. The third kappa shape index (κ3) is 3.96. The van der Waals surface area contributed by atoms with Gasteiger partial charge in [-0.05, 0) is 31.9 Å². The van der Waals surface area contributed by atoms with Crippen LogP contribution in [0.2, 0.25) is 0 Å². The van der Waals surface area contributed by atoms with Gasteiger partial charge < -0.3 is 24.8 Å². The van der Waals surface area contributed by atoms with Gasteiger partial charge in [-0.15, -0.1) is 0 Å². The number of ether oxygens (including phenoxy) is 1. The van der Waals surface area contributed by atoms with E-state index < -0.39 is 10.9 Å². The maximum atomic E-state index is 12.3. The number of carbonyl (C=O) groups is 1. The van der Waals surface area contributed by atoms with E-state index in [1.165, 1.54) is 0 Å². The van der Waals surface area contributed by atoms with Gasteiger partial charge in [0.2, 0.25) is 0 Å². The minimum absolute atomic E-state index is 0.0625. The normalized spacial score (nSPS) is 18.0. The average Bonchev–Trinajstić information content (AvgIpc) is 2.80. The number of rotatable bonds is 5. The quantitative estimate of drug-likeness (QED) is 0.727. The van der Waals surface area contributed by atoms with Crippen LogP contribution in [0.5, 0.6) is 0 Å². The number of hydrogen-bond acceptors (Lipinski definition) is 8. The molecule has 160 valence electrons. The van der Waals surface area contributed by atoms with Crippen molar-refractivity contribution in [2.45, 2.75) is 25.8 Å². The summed E-state index contributed by atoms with van der Waals surface area (Å²) >= 11 is 0. The average molecular weight is 413 g/mol. The van der Waals surface area contributed by atoms with E-state index in [1.807, 2.05) is 23.1 Å². The van der Waals surface area contributed by atoms with Gasteiger partial charge in [0.1, 0.15) is 17.2 Å². The fourth-order valence-electron chi connectivity index (χ4n) is 4.14. The minimum atomic E-state index is -0.440. The highest BCUT2D eigenvalue weighted by molar-refractivity contribution is 5.76. The molecule has 9 nitrogen and oxygen atoms in total. The Labute approximate surface area is 174 Å². The Morgan fingerprint density at radius 2 is 1.77 bits per heavy atom. The Kier molecular flexibility index (Phi) is 5.87. The number of hydrogen-bond donors (Lipinski definition) is 1. The summed E-state index contributed by atoms with van der Waals surface area (Å²) in [5, 5.41) is 3.28. The van der Waals surface area contributed by atoms with Gasteiger partial charge >= 0.3 is 6.09 Å². The van der Waals surface area contributed by atoms with E-state index in [2.05, 4.69) is 15.2 Å². The van der Waals surface area contributed by atoms with E-state index in [9.17, 15) is 14.4 Å². The highest BCUT2D eigenvalue weighted by Crippen LogP contribution is 2.25. The van der Waals surface area contributed by atoms with Crippen molar-refractivity contribution >= 4 is 23.3 Å². The summed E-state index contributed by atoms with van der Waals surface area (Å²) in [4.78, 5) is 46.6. The van der Waals surface area contributed by atoms with Crippen LogP contribution < -0.4 is 26.0 Å². The van der Waals surface area contributed by atoms with E-state index in [1.54, 1.807) is 18.0 Å². The van der Waals surface area contributed by atoms with Crippen molar-refractivity contribution in [2.75, 3.05) is 61.0 Å². The highest BCUT2D eigenvalue weighted by atomic mass is 16.6. The maximum Gasteiger partial charge on any atom is 0.409 e. The van der Waals surface area contributed by atoms with Crippen molar-refractivity contribution in [3.63, 3.8) is 0 Å². The predicted octanol–water partition coefficient (Wildman–Crippen LogP) is 1.04. The lowest BCUT2D eigenvalue weighted by Gasteiger charge is -2.38. The lowest BCUT2D eigenvalue weighted by molar-refractivity contribution is 0.0983. The second-order valence-corrected chi connectivity index (χ2v) is 7.65. The van der Waals surface area contributed by atoms with Crippen LogP contribution in [0.25, 0.3) is 0 Å². The molecule has 0 aliphatic carbocycles. The van der Waals surface area contributed by atoms with Gasteiger partial charge in [0, 0.05) is 51.5 Å². The summed E-state index contributed by atoms with van der Waals surface area (Å²) in [5.41, 5.74) is 0.0899. The largest absolute Gasteiger partial charge is 0.450 e. The standard InChI is InChI=1S/C21H27N5O4/c1-2-30-21(29)26-9-6-15(7-10-26)23-17-18(20(28)19(17)27)25-13-11-24(12-14-25)16-5-3-4-8-22-16/h3-5,8,15,23H,2,6-7,9-14H2,1H3. The molecule has 2 fully saturated rings. The number of aromatic nitrogens is 1. The van der Waals surface area contributed by atoms with Crippen molar-refractivity contribution in [3.05, 3.63) is 44.8 Å². The Hall–Kier alpha value is -3.10. The van der Waals surface area contributed by atoms with E-state index in [-0.39, 0.29) is 12.1 Å². The van der Waals surface area contributed by atoms with E-state index in [0.717, 1.165) is 18.9 Å². The number of anilines is 3. The molecule has 0 unspecified atom stereocenters. The number of nitrogens with zero attached hydrogens (tertiary/aromatic N) is 4. The van der Waals surface area contributed by atoms with Crippen LogP contribution >= 0.6 is 0 Å². The number of carbonyl (C=O) groups excluding carboxylic acids is 1. The molecular formula is C21H27N5O4. The molecular weight excluding hydrogens is 386 g/mol.